The number of anilines is 2. The summed E-state index contributed by atoms with van der Waals surface area (Å²) in [6.45, 7) is 6.09. The molecule has 3 rings (SSSR count). The zero-order valence-corrected chi connectivity index (χ0v) is 15.1. The van der Waals surface area contributed by atoms with E-state index in [-0.39, 0.29) is 12.1 Å². The molecule has 0 unspecified atom stereocenters. The maximum Gasteiger partial charge on any atom is 0.319 e. The first-order valence-corrected chi connectivity index (χ1v) is 9.13. The van der Waals surface area contributed by atoms with Gasteiger partial charge >= 0.3 is 6.03 Å². The van der Waals surface area contributed by atoms with Crippen LogP contribution >= 0.6 is 0 Å². The van der Waals surface area contributed by atoms with Crippen molar-refractivity contribution in [2.45, 2.75) is 39.2 Å². The lowest BCUT2D eigenvalue weighted by Gasteiger charge is -2.34. The van der Waals surface area contributed by atoms with E-state index in [1.165, 1.54) is 11.3 Å². The van der Waals surface area contributed by atoms with Crippen LogP contribution in [0.5, 0.6) is 0 Å². The predicted molar refractivity (Wildman–Crippen MR) is 104 cm³/mol. The van der Waals surface area contributed by atoms with Gasteiger partial charge in [0.05, 0.1) is 0 Å². The molecule has 132 valence electrons. The van der Waals surface area contributed by atoms with Crippen LogP contribution in [0.25, 0.3) is 0 Å². The second-order valence-corrected chi connectivity index (χ2v) is 6.66. The molecular formula is C21H27N3O. The van der Waals surface area contributed by atoms with E-state index in [1.807, 2.05) is 25.1 Å². The van der Waals surface area contributed by atoms with Gasteiger partial charge < -0.3 is 15.5 Å². The fourth-order valence-electron chi connectivity index (χ4n) is 3.46. The van der Waals surface area contributed by atoms with Crippen molar-refractivity contribution in [2.24, 2.45) is 0 Å². The molecule has 0 saturated carbocycles. The molecule has 2 aromatic rings. The Morgan fingerprint density at radius 1 is 1.08 bits per heavy atom. The second-order valence-electron chi connectivity index (χ2n) is 6.66. The minimum atomic E-state index is -0.0952. The van der Waals surface area contributed by atoms with Gasteiger partial charge in [0.25, 0.3) is 0 Å². The number of para-hydroxylation sites is 2. The molecule has 1 aliphatic heterocycles. The summed E-state index contributed by atoms with van der Waals surface area (Å²) in [5.41, 5.74) is 4.49. The molecule has 0 aliphatic carbocycles. The van der Waals surface area contributed by atoms with Gasteiger partial charge in [-0.3, -0.25) is 0 Å². The first kappa shape index (κ1) is 17.3. The quantitative estimate of drug-likeness (QED) is 0.871. The Kier molecular flexibility index (Phi) is 5.59. The standard InChI is InChI=1S/C21H27N3O/c1-3-17-9-7-8-16(2)20(17)23-21(25)22-18-12-14-24(15-13-18)19-10-5-4-6-11-19/h4-11,18H,3,12-15H2,1-2H3,(H2,22,23,25). The highest BCUT2D eigenvalue weighted by Gasteiger charge is 2.21. The van der Waals surface area contributed by atoms with E-state index in [2.05, 4.69) is 52.8 Å². The molecule has 4 heteroatoms. The van der Waals surface area contributed by atoms with Gasteiger partial charge in [-0.15, -0.1) is 0 Å². The molecule has 0 radical (unpaired) electrons. The van der Waals surface area contributed by atoms with Gasteiger partial charge in [0.15, 0.2) is 0 Å². The summed E-state index contributed by atoms with van der Waals surface area (Å²) in [5.74, 6) is 0. The Labute approximate surface area is 150 Å². The van der Waals surface area contributed by atoms with Crippen LogP contribution in [0.1, 0.15) is 30.9 Å². The molecule has 2 N–H and O–H groups in total. The number of hydrogen-bond donors (Lipinski definition) is 2. The van der Waals surface area contributed by atoms with Crippen molar-refractivity contribution >= 4 is 17.4 Å². The highest BCUT2D eigenvalue weighted by Crippen LogP contribution is 2.22. The molecule has 1 fully saturated rings. The van der Waals surface area contributed by atoms with E-state index in [1.54, 1.807) is 0 Å². The van der Waals surface area contributed by atoms with Crippen molar-refractivity contribution in [1.82, 2.24) is 5.32 Å². The van der Waals surface area contributed by atoms with Crippen LogP contribution in [0.4, 0.5) is 16.2 Å². The molecule has 0 aromatic heterocycles. The van der Waals surface area contributed by atoms with Crippen LogP contribution < -0.4 is 15.5 Å². The summed E-state index contributed by atoms with van der Waals surface area (Å²) in [6.07, 6.45) is 2.85. The van der Waals surface area contributed by atoms with Crippen LogP contribution in [0, 0.1) is 6.92 Å². The summed E-state index contributed by atoms with van der Waals surface area (Å²) in [5, 5.41) is 6.20. The van der Waals surface area contributed by atoms with Gasteiger partial charge in [-0.05, 0) is 49.4 Å². The van der Waals surface area contributed by atoms with Gasteiger partial charge in [-0.1, -0.05) is 43.3 Å². The van der Waals surface area contributed by atoms with Crippen molar-refractivity contribution in [3.63, 3.8) is 0 Å². The predicted octanol–water partition coefficient (Wildman–Crippen LogP) is 4.35. The molecule has 2 aromatic carbocycles. The lowest BCUT2D eigenvalue weighted by atomic mass is 10.0. The molecule has 1 aliphatic rings. The van der Waals surface area contributed by atoms with Gasteiger partial charge in [0.2, 0.25) is 0 Å². The minimum Gasteiger partial charge on any atom is -0.371 e. The fourth-order valence-corrected chi connectivity index (χ4v) is 3.46. The Bertz CT molecular complexity index is 706. The molecule has 25 heavy (non-hydrogen) atoms. The van der Waals surface area contributed by atoms with E-state index in [9.17, 15) is 4.79 Å². The lowest BCUT2D eigenvalue weighted by molar-refractivity contribution is 0.246. The number of aryl methyl sites for hydroxylation is 2. The Morgan fingerprint density at radius 3 is 2.48 bits per heavy atom. The lowest BCUT2D eigenvalue weighted by Crippen LogP contribution is -2.46. The van der Waals surface area contributed by atoms with Crippen LogP contribution in [0.2, 0.25) is 0 Å². The number of piperidine rings is 1. The SMILES string of the molecule is CCc1cccc(C)c1NC(=O)NC1CCN(c2ccccc2)CC1. The summed E-state index contributed by atoms with van der Waals surface area (Å²) >= 11 is 0. The van der Waals surface area contributed by atoms with E-state index in [0.29, 0.717) is 0 Å². The molecule has 0 atom stereocenters. The highest BCUT2D eigenvalue weighted by molar-refractivity contribution is 5.91. The molecule has 4 nitrogen and oxygen atoms in total. The molecule has 0 bridgehead atoms. The van der Waals surface area contributed by atoms with Crippen LogP contribution in [0.3, 0.4) is 0 Å². The number of carbonyl (C=O) groups is 1. The zero-order chi connectivity index (χ0) is 17.6. The topological polar surface area (TPSA) is 44.4 Å². The highest BCUT2D eigenvalue weighted by atomic mass is 16.2. The fraction of sp³-hybridized carbons (Fsp3) is 0.381. The number of hydrogen-bond acceptors (Lipinski definition) is 2. The van der Waals surface area contributed by atoms with E-state index in [4.69, 9.17) is 0 Å². The van der Waals surface area contributed by atoms with Crippen molar-refractivity contribution in [1.29, 1.82) is 0 Å². The van der Waals surface area contributed by atoms with Gasteiger partial charge in [-0.25, -0.2) is 4.79 Å². The summed E-state index contributed by atoms with van der Waals surface area (Å²) in [7, 11) is 0. The van der Waals surface area contributed by atoms with Gasteiger partial charge in [0, 0.05) is 30.5 Å². The number of benzene rings is 2. The maximum atomic E-state index is 12.4. The van der Waals surface area contributed by atoms with Crippen LogP contribution in [-0.4, -0.2) is 25.2 Å². The van der Waals surface area contributed by atoms with Crippen LogP contribution in [0.15, 0.2) is 48.5 Å². The van der Waals surface area contributed by atoms with Crippen molar-refractivity contribution in [2.75, 3.05) is 23.3 Å². The maximum absolute atomic E-state index is 12.4. The third-order valence-electron chi connectivity index (χ3n) is 4.93. The first-order valence-electron chi connectivity index (χ1n) is 9.13. The van der Waals surface area contributed by atoms with Crippen molar-refractivity contribution < 1.29 is 4.79 Å². The summed E-state index contributed by atoms with van der Waals surface area (Å²) in [4.78, 5) is 14.8. The average Bonchev–Trinajstić information content (AvgIpc) is 2.65. The Balaban J connectivity index is 1.53. The first-order chi connectivity index (χ1) is 12.2. The smallest absolute Gasteiger partial charge is 0.319 e. The average molecular weight is 337 g/mol. The van der Waals surface area contributed by atoms with Crippen LogP contribution in [-0.2, 0) is 6.42 Å². The number of nitrogens with one attached hydrogen (secondary N) is 2. The number of nitrogens with zero attached hydrogens (tertiary/aromatic N) is 1. The normalized spacial score (nSPS) is 15.0. The van der Waals surface area contributed by atoms with Gasteiger partial charge in [0.1, 0.15) is 0 Å². The molecule has 0 spiro atoms. The minimum absolute atomic E-state index is 0.0952. The van der Waals surface area contributed by atoms with Gasteiger partial charge in [-0.2, -0.15) is 0 Å². The van der Waals surface area contributed by atoms with E-state index in [0.717, 1.165) is 43.6 Å². The van der Waals surface area contributed by atoms with Crippen molar-refractivity contribution in [3.05, 3.63) is 59.7 Å². The summed E-state index contributed by atoms with van der Waals surface area (Å²) in [6, 6.07) is 16.7. The van der Waals surface area contributed by atoms with E-state index >= 15 is 0 Å². The number of amides is 2. The second kappa shape index (κ2) is 8.06. The van der Waals surface area contributed by atoms with Crippen molar-refractivity contribution in [3.8, 4) is 0 Å². The molecular weight excluding hydrogens is 310 g/mol. The third kappa shape index (κ3) is 4.32. The third-order valence-corrected chi connectivity index (χ3v) is 4.93. The largest absolute Gasteiger partial charge is 0.371 e. The molecule has 1 heterocycles. The molecule has 2 amide bonds. The Hall–Kier alpha value is -2.49. The summed E-state index contributed by atoms with van der Waals surface area (Å²) < 4.78 is 0. The number of urea groups is 1. The number of rotatable bonds is 4. The Morgan fingerprint density at radius 2 is 1.80 bits per heavy atom. The zero-order valence-electron chi connectivity index (χ0n) is 15.1. The number of carbonyl (C=O) groups excluding carboxylic acids is 1. The van der Waals surface area contributed by atoms with E-state index < -0.39 is 0 Å². The molecule has 1 saturated heterocycles. The monoisotopic (exact) mass is 337 g/mol.